The fourth-order valence-corrected chi connectivity index (χ4v) is 3.65. The number of oxazole rings is 1. The summed E-state index contributed by atoms with van der Waals surface area (Å²) in [6, 6.07) is 9.75. The van der Waals surface area contributed by atoms with Gasteiger partial charge in [-0.3, -0.25) is 14.1 Å². The van der Waals surface area contributed by atoms with Crippen LogP contribution in [0.1, 0.15) is 12.0 Å². The predicted octanol–water partition coefficient (Wildman–Crippen LogP) is 1.68. The summed E-state index contributed by atoms with van der Waals surface area (Å²) in [7, 11) is -3.88. The van der Waals surface area contributed by atoms with Crippen LogP contribution in [-0.4, -0.2) is 23.9 Å². The first-order valence-corrected chi connectivity index (χ1v) is 9.59. The monoisotopic (exact) mass is 395 g/mol. The molecule has 3 rings (SSSR count). The topological polar surface area (TPSA) is 111 Å². The maximum Gasteiger partial charge on any atom is 0.419 e. The first-order valence-electron chi connectivity index (χ1n) is 7.56. The zero-order valence-electron chi connectivity index (χ0n) is 13.4. The molecule has 0 aliphatic heterocycles. The quantitative estimate of drug-likeness (QED) is 0.635. The number of nitrogens with zero attached hydrogens (tertiary/aromatic N) is 2. The Kier molecular flexibility index (Phi) is 5.10. The average molecular weight is 396 g/mol. The van der Waals surface area contributed by atoms with Crippen LogP contribution in [0.3, 0.4) is 0 Å². The van der Waals surface area contributed by atoms with E-state index in [1.807, 2.05) is 4.72 Å². The molecule has 0 radical (unpaired) electrons. The van der Waals surface area contributed by atoms with E-state index >= 15 is 0 Å². The van der Waals surface area contributed by atoms with E-state index in [1.54, 1.807) is 24.3 Å². The Hall–Kier alpha value is -2.65. The fraction of sp³-hybridized carbons (Fsp3) is 0.188. The van der Waals surface area contributed by atoms with Crippen molar-refractivity contribution >= 4 is 38.6 Å². The molecular formula is C16H14ClN3O5S. The summed E-state index contributed by atoms with van der Waals surface area (Å²) >= 11 is 5.65. The van der Waals surface area contributed by atoms with Crippen molar-refractivity contribution in [1.82, 2.24) is 14.3 Å². The number of fused-ring (bicyclic) bond motifs is 1. The highest BCUT2D eigenvalue weighted by Crippen LogP contribution is 2.12. The Morgan fingerprint density at radius 1 is 1.23 bits per heavy atom. The number of carbonyl (C=O) groups excluding carboxylic acids is 1. The summed E-state index contributed by atoms with van der Waals surface area (Å²) in [6.45, 7) is -0.000297. The van der Waals surface area contributed by atoms with E-state index in [0.29, 0.717) is 16.7 Å². The molecule has 0 saturated heterocycles. The second kappa shape index (κ2) is 7.30. The summed E-state index contributed by atoms with van der Waals surface area (Å²) in [5, 5.41) is 0.243. The molecule has 0 saturated carbocycles. The van der Waals surface area contributed by atoms with Gasteiger partial charge in [-0.2, -0.15) is 0 Å². The summed E-state index contributed by atoms with van der Waals surface area (Å²) in [5.41, 5.74) is 1.34. The van der Waals surface area contributed by atoms with Crippen LogP contribution < -0.4 is 10.5 Å². The lowest BCUT2D eigenvalue weighted by atomic mass is 10.3. The molecule has 1 N–H and O–H groups in total. The first-order chi connectivity index (χ1) is 12.3. The molecule has 0 fully saturated rings. The van der Waals surface area contributed by atoms with Crippen molar-refractivity contribution in [2.75, 3.05) is 0 Å². The largest absolute Gasteiger partial charge is 0.419 e. The molecule has 3 aromatic rings. The third-order valence-electron chi connectivity index (χ3n) is 3.55. The molecule has 8 nitrogen and oxygen atoms in total. The van der Waals surface area contributed by atoms with Gasteiger partial charge in [0, 0.05) is 19.2 Å². The van der Waals surface area contributed by atoms with E-state index in [2.05, 4.69) is 4.98 Å². The van der Waals surface area contributed by atoms with Gasteiger partial charge in [0.05, 0.1) is 11.3 Å². The molecule has 1 aromatic carbocycles. The Morgan fingerprint density at radius 3 is 2.73 bits per heavy atom. The van der Waals surface area contributed by atoms with Gasteiger partial charge in [-0.15, -0.1) is 0 Å². The molecular weight excluding hydrogens is 382 g/mol. The number of sulfonamides is 1. The number of carbonyl (C=O) groups is 1. The predicted molar refractivity (Wildman–Crippen MR) is 95.1 cm³/mol. The van der Waals surface area contributed by atoms with Crippen LogP contribution in [0.15, 0.2) is 51.8 Å². The van der Waals surface area contributed by atoms with Crippen LogP contribution in [0, 0.1) is 0 Å². The molecule has 26 heavy (non-hydrogen) atoms. The highest BCUT2D eigenvalue weighted by molar-refractivity contribution is 7.89. The lowest BCUT2D eigenvalue weighted by Gasteiger charge is -2.07. The molecule has 0 unspecified atom stereocenters. The lowest BCUT2D eigenvalue weighted by Crippen LogP contribution is -2.32. The minimum absolute atomic E-state index is 0.000297. The lowest BCUT2D eigenvalue weighted by molar-refractivity contribution is -0.119. The number of rotatable bonds is 6. The van der Waals surface area contributed by atoms with Gasteiger partial charge in [0.1, 0.15) is 5.15 Å². The number of aromatic nitrogens is 2. The van der Waals surface area contributed by atoms with E-state index in [1.165, 1.54) is 22.9 Å². The van der Waals surface area contributed by atoms with Gasteiger partial charge in [0.15, 0.2) is 5.58 Å². The van der Waals surface area contributed by atoms with Gasteiger partial charge in [0.2, 0.25) is 15.9 Å². The molecule has 0 aliphatic carbocycles. The summed E-state index contributed by atoms with van der Waals surface area (Å²) in [6.07, 6.45) is 1.13. The van der Waals surface area contributed by atoms with Crippen molar-refractivity contribution in [1.29, 1.82) is 0 Å². The van der Waals surface area contributed by atoms with Crippen LogP contribution in [0.4, 0.5) is 0 Å². The SMILES string of the molecule is O=C(CCn1c(=O)oc2ccccc21)NS(=O)(=O)Cc1ccc(Cl)nc1. The third kappa shape index (κ3) is 4.30. The van der Waals surface area contributed by atoms with Gasteiger partial charge < -0.3 is 4.42 Å². The minimum Gasteiger partial charge on any atom is -0.408 e. The number of amides is 1. The number of benzene rings is 1. The summed E-state index contributed by atoms with van der Waals surface area (Å²) < 4.78 is 32.4. The van der Waals surface area contributed by atoms with Crippen LogP contribution in [0.25, 0.3) is 11.1 Å². The normalized spacial score (nSPS) is 11.6. The Labute approximate surface area is 153 Å². The van der Waals surface area contributed by atoms with Crippen LogP contribution in [-0.2, 0) is 27.1 Å². The van der Waals surface area contributed by atoms with Crippen molar-refractivity contribution in [3.63, 3.8) is 0 Å². The number of aryl methyl sites for hydroxylation is 1. The molecule has 2 heterocycles. The smallest absolute Gasteiger partial charge is 0.408 e. The van der Waals surface area contributed by atoms with Gasteiger partial charge in [-0.1, -0.05) is 29.8 Å². The molecule has 0 spiro atoms. The maximum atomic E-state index is 12.1. The van der Waals surface area contributed by atoms with Crippen LogP contribution in [0.5, 0.6) is 0 Å². The highest BCUT2D eigenvalue weighted by atomic mass is 35.5. The molecule has 0 aliphatic rings. The second-order valence-electron chi connectivity index (χ2n) is 5.51. The number of para-hydroxylation sites is 2. The van der Waals surface area contributed by atoms with E-state index in [4.69, 9.17) is 16.0 Å². The fourth-order valence-electron chi connectivity index (χ4n) is 2.41. The number of pyridine rings is 1. The zero-order valence-corrected chi connectivity index (χ0v) is 15.0. The Balaban J connectivity index is 1.63. The average Bonchev–Trinajstić information content (AvgIpc) is 2.89. The van der Waals surface area contributed by atoms with Gasteiger partial charge in [-0.05, 0) is 23.8 Å². The number of nitrogens with one attached hydrogen (secondary N) is 1. The molecule has 10 heteroatoms. The maximum absolute atomic E-state index is 12.1. The first kappa shape index (κ1) is 18.2. The Morgan fingerprint density at radius 2 is 2.00 bits per heavy atom. The zero-order chi connectivity index (χ0) is 18.7. The van der Waals surface area contributed by atoms with Crippen molar-refractivity contribution in [3.8, 4) is 0 Å². The van der Waals surface area contributed by atoms with Gasteiger partial charge >= 0.3 is 5.76 Å². The van der Waals surface area contributed by atoms with E-state index in [9.17, 15) is 18.0 Å². The number of hydrogen-bond donors (Lipinski definition) is 1. The summed E-state index contributed by atoms with van der Waals surface area (Å²) in [5.74, 6) is -1.73. The van der Waals surface area contributed by atoms with E-state index in [0.717, 1.165) is 0 Å². The van der Waals surface area contributed by atoms with E-state index in [-0.39, 0.29) is 18.1 Å². The Bertz CT molecular complexity index is 1100. The second-order valence-corrected chi connectivity index (χ2v) is 7.62. The van der Waals surface area contributed by atoms with Crippen molar-refractivity contribution in [3.05, 3.63) is 63.9 Å². The van der Waals surface area contributed by atoms with Crippen LogP contribution in [0.2, 0.25) is 5.15 Å². The highest BCUT2D eigenvalue weighted by Gasteiger charge is 2.17. The summed E-state index contributed by atoms with van der Waals surface area (Å²) in [4.78, 5) is 27.6. The van der Waals surface area contributed by atoms with Crippen LogP contribution >= 0.6 is 11.6 Å². The van der Waals surface area contributed by atoms with Gasteiger partial charge in [0.25, 0.3) is 0 Å². The molecule has 1 amide bonds. The van der Waals surface area contributed by atoms with Gasteiger partial charge in [-0.25, -0.2) is 18.2 Å². The number of hydrogen-bond acceptors (Lipinski definition) is 6. The van der Waals surface area contributed by atoms with Crippen molar-refractivity contribution in [2.45, 2.75) is 18.7 Å². The minimum atomic E-state index is -3.88. The van der Waals surface area contributed by atoms with Crippen molar-refractivity contribution < 1.29 is 17.6 Å². The molecule has 0 bridgehead atoms. The van der Waals surface area contributed by atoms with E-state index < -0.39 is 27.4 Å². The third-order valence-corrected chi connectivity index (χ3v) is 5.03. The molecule has 136 valence electrons. The number of halogens is 1. The standard InChI is InChI=1S/C16H14ClN3O5S/c17-14-6-5-11(9-18-14)10-26(23,24)19-15(21)7-8-20-12-3-1-2-4-13(12)25-16(20)22/h1-6,9H,7-8,10H2,(H,19,21). The molecule has 0 atom stereocenters. The van der Waals surface area contributed by atoms with Crippen molar-refractivity contribution in [2.24, 2.45) is 0 Å². The molecule has 2 aromatic heterocycles.